The Hall–Kier alpha value is -0.280. The molecule has 4 heteroatoms. The molecule has 1 rings (SSSR count). The third-order valence-electron chi connectivity index (χ3n) is 3.37. The summed E-state index contributed by atoms with van der Waals surface area (Å²) < 4.78 is 0. The van der Waals surface area contributed by atoms with Crippen molar-refractivity contribution in [3.63, 3.8) is 0 Å². The number of carbonyl (C=O) groups is 1. The summed E-state index contributed by atoms with van der Waals surface area (Å²) >= 11 is 0. The van der Waals surface area contributed by atoms with Crippen LogP contribution < -0.4 is 5.73 Å². The predicted octanol–water partition coefficient (Wildman–Crippen LogP) is 2.19. The number of hydrogen-bond donors (Lipinski definition) is 1. The lowest BCUT2D eigenvalue weighted by Gasteiger charge is -2.20. The first-order valence-electron chi connectivity index (χ1n) is 6.25. The first kappa shape index (κ1) is 15.7. The highest BCUT2D eigenvalue weighted by molar-refractivity contribution is 5.85. The van der Waals surface area contributed by atoms with Gasteiger partial charge in [0, 0.05) is 19.5 Å². The van der Waals surface area contributed by atoms with Crippen LogP contribution in [0.4, 0.5) is 0 Å². The fourth-order valence-corrected chi connectivity index (χ4v) is 2.23. The lowest BCUT2D eigenvalue weighted by Crippen LogP contribution is -2.32. The van der Waals surface area contributed by atoms with Crippen molar-refractivity contribution in [2.24, 2.45) is 11.7 Å². The van der Waals surface area contributed by atoms with Crippen LogP contribution >= 0.6 is 12.4 Å². The Labute approximate surface area is 105 Å². The molecule has 1 fully saturated rings. The van der Waals surface area contributed by atoms with E-state index < -0.39 is 0 Å². The number of nitrogens with zero attached hydrogens (tertiary/aromatic N) is 1. The van der Waals surface area contributed by atoms with Crippen molar-refractivity contribution in [2.45, 2.75) is 45.4 Å². The summed E-state index contributed by atoms with van der Waals surface area (Å²) in [6.07, 6.45) is 6.36. The molecule has 16 heavy (non-hydrogen) atoms. The molecule has 1 aliphatic heterocycles. The smallest absolute Gasteiger partial charge is 0.222 e. The maximum Gasteiger partial charge on any atom is 0.222 e. The van der Waals surface area contributed by atoms with Crippen molar-refractivity contribution in [2.75, 3.05) is 19.6 Å². The van der Waals surface area contributed by atoms with Crippen LogP contribution in [0.3, 0.4) is 0 Å². The van der Waals surface area contributed by atoms with Gasteiger partial charge < -0.3 is 10.6 Å². The van der Waals surface area contributed by atoms with Crippen molar-refractivity contribution in [3.05, 3.63) is 0 Å². The molecule has 1 aliphatic rings. The Kier molecular flexibility index (Phi) is 8.67. The van der Waals surface area contributed by atoms with Gasteiger partial charge in [-0.15, -0.1) is 12.4 Å². The maximum absolute atomic E-state index is 11.8. The molecule has 96 valence electrons. The fourth-order valence-electron chi connectivity index (χ4n) is 2.23. The largest absolute Gasteiger partial charge is 0.343 e. The molecule has 0 radical (unpaired) electrons. The van der Waals surface area contributed by atoms with Gasteiger partial charge in [-0.25, -0.2) is 0 Å². The van der Waals surface area contributed by atoms with E-state index in [0.29, 0.717) is 18.9 Å². The molecule has 0 bridgehead atoms. The van der Waals surface area contributed by atoms with Crippen LogP contribution in [0.1, 0.15) is 45.4 Å². The van der Waals surface area contributed by atoms with E-state index >= 15 is 0 Å². The van der Waals surface area contributed by atoms with Crippen molar-refractivity contribution >= 4 is 18.3 Å². The first-order chi connectivity index (χ1) is 7.27. The molecule has 3 nitrogen and oxygen atoms in total. The van der Waals surface area contributed by atoms with Gasteiger partial charge in [0.15, 0.2) is 0 Å². The second-order valence-electron chi connectivity index (χ2n) is 4.48. The summed E-state index contributed by atoms with van der Waals surface area (Å²) in [5.74, 6) is 1.13. The standard InChI is InChI=1S/C12H24N2O.ClH/c1-2-11-5-4-9-14(10-7-11)12(15)6-3-8-13;/h11H,2-10,13H2,1H3;1H. The molecule has 0 aromatic heterocycles. The van der Waals surface area contributed by atoms with E-state index in [-0.39, 0.29) is 12.4 Å². The lowest BCUT2D eigenvalue weighted by molar-refractivity contribution is -0.131. The molecule has 0 spiro atoms. The second-order valence-corrected chi connectivity index (χ2v) is 4.48. The minimum Gasteiger partial charge on any atom is -0.343 e. The summed E-state index contributed by atoms with van der Waals surface area (Å²) in [4.78, 5) is 13.8. The number of carbonyl (C=O) groups excluding carboxylic acids is 1. The summed E-state index contributed by atoms with van der Waals surface area (Å²) in [7, 11) is 0. The molecule has 2 N–H and O–H groups in total. The van der Waals surface area contributed by atoms with Crippen LogP contribution in [0.25, 0.3) is 0 Å². The SMILES string of the molecule is CCC1CCCN(C(=O)CCCN)CC1.Cl. The average molecular weight is 249 g/mol. The summed E-state index contributed by atoms with van der Waals surface area (Å²) in [6, 6.07) is 0. The topological polar surface area (TPSA) is 46.3 Å². The van der Waals surface area contributed by atoms with E-state index in [2.05, 4.69) is 6.92 Å². The highest BCUT2D eigenvalue weighted by Crippen LogP contribution is 2.20. The minimum absolute atomic E-state index is 0. The molecule has 1 amide bonds. The van der Waals surface area contributed by atoms with Crippen molar-refractivity contribution in [1.82, 2.24) is 4.90 Å². The first-order valence-corrected chi connectivity index (χ1v) is 6.25. The van der Waals surface area contributed by atoms with E-state index in [4.69, 9.17) is 5.73 Å². The Morgan fingerprint density at radius 2 is 2.12 bits per heavy atom. The number of likely N-dealkylation sites (tertiary alicyclic amines) is 1. The Morgan fingerprint density at radius 3 is 2.75 bits per heavy atom. The van der Waals surface area contributed by atoms with E-state index in [1.54, 1.807) is 0 Å². The molecule has 0 aromatic rings. The van der Waals surface area contributed by atoms with E-state index in [1.165, 1.54) is 25.7 Å². The number of rotatable bonds is 4. The van der Waals surface area contributed by atoms with Crippen LogP contribution in [0.15, 0.2) is 0 Å². The highest BCUT2D eigenvalue weighted by Gasteiger charge is 2.18. The van der Waals surface area contributed by atoms with Crippen LogP contribution in [0.5, 0.6) is 0 Å². The molecule has 1 atom stereocenters. The highest BCUT2D eigenvalue weighted by atomic mass is 35.5. The van der Waals surface area contributed by atoms with Gasteiger partial charge in [0.25, 0.3) is 0 Å². The zero-order chi connectivity index (χ0) is 11.1. The van der Waals surface area contributed by atoms with Gasteiger partial charge in [-0.2, -0.15) is 0 Å². The number of hydrogen-bond acceptors (Lipinski definition) is 2. The molecule has 0 aromatic carbocycles. The molecular weight excluding hydrogens is 224 g/mol. The monoisotopic (exact) mass is 248 g/mol. The van der Waals surface area contributed by atoms with Crippen LogP contribution in [-0.4, -0.2) is 30.4 Å². The number of nitrogens with two attached hydrogens (primary N) is 1. The van der Waals surface area contributed by atoms with Gasteiger partial charge in [0.1, 0.15) is 0 Å². The Balaban J connectivity index is 0.00000225. The van der Waals surface area contributed by atoms with Crippen LogP contribution in [-0.2, 0) is 4.79 Å². The molecule has 1 saturated heterocycles. The van der Waals surface area contributed by atoms with E-state index in [0.717, 1.165) is 25.4 Å². The number of amides is 1. The molecule has 0 aliphatic carbocycles. The minimum atomic E-state index is 0. The van der Waals surface area contributed by atoms with Gasteiger partial charge in [-0.1, -0.05) is 13.3 Å². The average Bonchev–Trinajstić information content (AvgIpc) is 2.50. The summed E-state index contributed by atoms with van der Waals surface area (Å²) in [5.41, 5.74) is 5.41. The quantitative estimate of drug-likeness (QED) is 0.829. The fraction of sp³-hybridized carbons (Fsp3) is 0.917. The Bertz CT molecular complexity index is 199. The third kappa shape index (κ3) is 5.17. The van der Waals surface area contributed by atoms with Gasteiger partial charge >= 0.3 is 0 Å². The number of halogens is 1. The molecular formula is C12H25ClN2O. The molecule has 0 saturated carbocycles. The summed E-state index contributed by atoms with van der Waals surface area (Å²) in [5, 5.41) is 0. The van der Waals surface area contributed by atoms with Crippen LogP contribution in [0, 0.1) is 5.92 Å². The lowest BCUT2D eigenvalue weighted by atomic mass is 9.98. The zero-order valence-electron chi connectivity index (χ0n) is 10.3. The van der Waals surface area contributed by atoms with Crippen molar-refractivity contribution in [3.8, 4) is 0 Å². The van der Waals surface area contributed by atoms with Gasteiger partial charge in [0.05, 0.1) is 0 Å². The van der Waals surface area contributed by atoms with Crippen molar-refractivity contribution in [1.29, 1.82) is 0 Å². The van der Waals surface area contributed by atoms with E-state index in [9.17, 15) is 4.79 Å². The zero-order valence-corrected chi connectivity index (χ0v) is 11.1. The van der Waals surface area contributed by atoms with Crippen molar-refractivity contribution < 1.29 is 4.79 Å². The second kappa shape index (κ2) is 8.82. The third-order valence-corrected chi connectivity index (χ3v) is 3.37. The van der Waals surface area contributed by atoms with Gasteiger partial charge in [-0.3, -0.25) is 4.79 Å². The predicted molar refractivity (Wildman–Crippen MR) is 69.7 cm³/mol. The molecule has 1 heterocycles. The van der Waals surface area contributed by atoms with E-state index in [1.807, 2.05) is 4.90 Å². The van der Waals surface area contributed by atoms with Crippen LogP contribution in [0.2, 0.25) is 0 Å². The summed E-state index contributed by atoms with van der Waals surface area (Å²) in [6.45, 7) is 4.79. The van der Waals surface area contributed by atoms with Gasteiger partial charge in [-0.05, 0) is 38.1 Å². The van der Waals surface area contributed by atoms with Gasteiger partial charge in [0.2, 0.25) is 5.91 Å². The normalized spacial score (nSPS) is 21.1. The maximum atomic E-state index is 11.8. The Morgan fingerprint density at radius 1 is 1.38 bits per heavy atom. The molecule has 1 unspecified atom stereocenters.